The molecule has 3 aromatic rings. The van der Waals surface area contributed by atoms with Crippen LogP contribution in [0.2, 0.25) is 0 Å². The highest BCUT2D eigenvalue weighted by atomic mass is 19.1. The van der Waals surface area contributed by atoms with Gasteiger partial charge in [-0.25, -0.2) is 14.4 Å². The Hall–Kier alpha value is -3.00. The summed E-state index contributed by atoms with van der Waals surface area (Å²) in [5, 5.41) is 0. The molecule has 0 aliphatic carbocycles. The van der Waals surface area contributed by atoms with Gasteiger partial charge >= 0.3 is 0 Å². The maximum Gasteiger partial charge on any atom is 0.296 e. The number of hydrogen-bond donors (Lipinski definition) is 0. The van der Waals surface area contributed by atoms with Crippen LogP contribution in [0, 0.1) is 5.82 Å². The molecule has 0 spiro atoms. The summed E-state index contributed by atoms with van der Waals surface area (Å²) in [7, 11) is 1.45. The summed E-state index contributed by atoms with van der Waals surface area (Å²) in [6.45, 7) is 5.16. The van der Waals surface area contributed by atoms with Gasteiger partial charge in [-0.2, -0.15) is 0 Å². The van der Waals surface area contributed by atoms with Crippen molar-refractivity contribution in [3.05, 3.63) is 64.3 Å². The SMILES string of the molecule is COc1c(-c2cn(Cc3ccc(F)cc3)cn2)nc2n(c1=O)CCOC2(C)C. The number of rotatable bonds is 4. The molecule has 0 saturated heterocycles. The number of methoxy groups -OCH3 is 1. The van der Waals surface area contributed by atoms with Gasteiger partial charge in [0.05, 0.1) is 26.6 Å². The minimum atomic E-state index is -0.685. The van der Waals surface area contributed by atoms with Crippen LogP contribution in [0.1, 0.15) is 25.2 Å². The topological polar surface area (TPSA) is 71.2 Å². The number of aromatic nitrogens is 4. The highest BCUT2D eigenvalue weighted by Crippen LogP contribution is 2.31. The van der Waals surface area contributed by atoms with E-state index in [0.29, 0.717) is 36.9 Å². The second-order valence-corrected chi connectivity index (χ2v) is 7.19. The fourth-order valence-corrected chi connectivity index (χ4v) is 3.39. The lowest BCUT2D eigenvalue weighted by Crippen LogP contribution is -2.41. The molecule has 1 aliphatic rings. The third kappa shape index (κ3) is 3.20. The first-order valence-corrected chi connectivity index (χ1v) is 8.99. The van der Waals surface area contributed by atoms with E-state index in [0.717, 1.165) is 5.56 Å². The molecular weight excluding hydrogens is 363 g/mol. The maximum absolute atomic E-state index is 13.1. The van der Waals surface area contributed by atoms with E-state index in [2.05, 4.69) is 9.97 Å². The van der Waals surface area contributed by atoms with Gasteiger partial charge in [0.25, 0.3) is 5.56 Å². The molecule has 0 amide bonds. The molecule has 0 radical (unpaired) electrons. The van der Waals surface area contributed by atoms with E-state index in [-0.39, 0.29) is 17.1 Å². The smallest absolute Gasteiger partial charge is 0.296 e. The normalized spacial score (nSPS) is 15.3. The van der Waals surface area contributed by atoms with Crippen LogP contribution in [-0.2, 0) is 23.4 Å². The molecule has 146 valence electrons. The van der Waals surface area contributed by atoms with Gasteiger partial charge in [-0.05, 0) is 31.5 Å². The van der Waals surface area contributed by atoms with Crippen molar-refractivity contribution in [3.8, 4) is 17.1 Å². The Kier molecular flexibility index (Phi) is 4.50. The van der Waals surface area contributed by atoms with Gasteiger partial charge in [0.15, 0.2) is 0 Å². The molecule has 1 aliphatic heterocycles. The maximum atomic E-state index is 13.1. The predicted octanol–water partition coefficient (Wildman–Crippen LogP) is 2.57. The Balaban J connectivity index is 1.75. The molecule has 28 heavy (non-hydrogen) atoms. The van der Waals surface area contributed by atoms with Gasteiger partial charge in [0.2, 0.25) is 5.75 Å². The standard InChI is InChI=1S/C20H21FN4O3/c1-20(2)19-23-16(17(27-3)18(26)25(19)8-9-28-20)15-11-24(12-22-15)10-13-4-6-14(21)7-5-13/h4-7,11-12H,8-10H2,1-3H3. The van der Waals surface area contributed by atoms with Crippen LogP contribution in [-0.4, -0.2) is 32.8 Å². The van der Waals surface area contributed by atoms with Gasteiger partial charge < -0.3 is 14.0 Å². The fraction of sp³-hybridized carbons (Fsp3) is 0.350. The number of nitrogens with zero attached hydrogens (tertiary/aromatic N) is 4. The van der Waals surface area contributed by atoms with E-state index in [1.54, 1.807) is 29.2 Å². The Labute approximate surface area is 161 Å². The van der Waals surface area contributed by atoms with Crippen molar-refractivity contribution in [2.24, 2.45) is 0 Å². The van der Waals surface area contributed by atoms with Gasteiger partial charge in [0, 0.05) is 12.7 Å². The van der Waals surface area contributed by atoms with E-state index < -0.39 is 5.60 Å². The zero-order chi connectivity index (χ0) is 19.9. The minimum absolute atomic E-state index is 0.161. The van der Waals surface area contributed by atoms with Crippen LogP contribution < -0.4 is 10.3 Å². The van der Waals surface area contributed by atoms with Crippen LogP contribution >= 0.6 is 0 Å². The molecular formula is C20H21FN4O3. The van der Waals surface area contributed by atoms with Crippen LogP contribution in [0.25, 0.3) is 11.4 Å². The molecule has 3 heterocycles. The highest BCUT2D eigenvalue weighted by Gasteiger charge is 2.33. The van der Waals surface area contributed by atoms with E-state index in [4.69, 9.17) is 9.47 Å². The average molecular weight is 384 g/mol. The third-order valence-corrected chi connectivity index (χ3v) is 4.80. The van der Waals surface area contributed by atoms with E-state index in [9.17, 15) is 9.18 Å². The van der Waals surface area contributed by atoms with Crippen molar-refractivity contribution in [1.29, 1.82) is 0 Å². The van der Waals surface area contributed by atoms with Crippen molar-refractivity contribution < 1.29 is 13.9 Å². The van der Waals surface area contributed by atoms with Crippen LogP contribution in [0.5, 0.6) is 5.75 Å². The number of hydrogen-bond acceptors (Lipinski definition) is 5. The summed E-state index contributed by atoms with van der Waals surface area (Å²) in [4.78, 5) is 22.0. The first kappa shape index (κ1) is 18.4. The molecule has 4 rings (SSSR count). The predicted molar refractivity (Wildman–Crippen MR) is 101 cm³/mol. The average Bonchev–Trinajstić information content (AvgIpc) is 3.12. The van der Waals surface area contributed by atoms with Gasteiger partial charge in [-0.3, -0.25) is 9.36 Å². The van der Waals surface area contributed by atoms with Gasteiger partial charge in [0.1, 0.15) is 28.6 Å². The molecule has 0 fully saturated rings. The molecule has 1 aromatic carbocycles. The molecule has 0 unspecified atom stereocenters. The lowest BCUT2D eigenvalue weighted by Gasteiger charge is -2.32. The molecule has 0 bridgehead atoms. The van der Waals surface area contributed by atoms with E-state index in [1.807, 2.05) is 18.4 Å². The lowest BCUT2D eigenvalue weighted by atomic mass is 10.1. The van der Waals surface area contributed by atoms with Crippen LogP contribution in [0.4, 0.5) is 4.39 Å². The number of ether oxygens (including phenoxy) is 2. The van der Waals surface area contributed by atoms with Gasteiger partial charge in [-0.1, -0.05) is 12.1 Å². The van der Waals surface area contributed by atoms with Crippen molar-refractivity contribution >= 4 is 0 Å². The Morgan fingerprint density at radius 1 is 1.29 bits per heavy atom. The lowest BCUT2D eigenvalue weighted by molar-refractivity contribution is -0.0564. The molecule has 0 atom stereocenters. The Morgan fingerprint density at radius 3 is 2.75 bits per heavy atom. The monoisotopic (exact) mass is 384 g/mol. The summed E-state index contributed by atoms with van der Waals surface area (Å²) in [5.41, 5.74) is 0.919. The molecule has 8 heteroatoms. The number of imidazole rings is 1. The molecule has 2 aromatic heterocycles. The number of benzene rings is 1. The highest BCUT2D eigenvalue weighted by molar-refractivity contribution is 5.61. The molecule has 0 N–H and O–H groups in total. The van der Waals surface area contributed by atoms with Crippen molar-refractivity contribution in [1.82, 2.24) is 19.1 Å². The van der Waals surface area contributed by atoms with Crippen LogP contribution in [0.15, 0.2) is 41.6 Å². The zero-order valence-corrected chi connectivity index (χ0v) is 16.0. The number of halogens is 1. The second-order valence-electron chi connectivity index (χ2n) is 7.19. The van der Waals surface area contributed by atoms with Crippen molar-refractivity contribution in [3.63, 3.8) is 0 Å². The first-order chi connectivity index (χ1) is 13.4. The summed E-state index contributed by atoms with van der Waals surface area (Å²) in [6.07, 6.45) is 3.44. The molecule has 7 nitrogen and oxygen atoms in total. The summed E-state index contributed by atoms with van der Waals surface area (Å²) < 4.78 is 27.7. The fourth-order valence-electron chi connectivity index (χ4n) is 3.39. The first-order valence-electron chi connectivity index (χ1n) is 8.99. The van der Waals surface area contributed by atoms with Crippen molar-refractivity contribution in [2.45, 2.75) is 32.5 Å². The Morgan fingerprint density at radius 2 is 2.04 bits per heavy atom. The van der Waals surface area contributed by atoms with Crippen molar-refractivity contribution in [2.75, 3.05) is 13.7 Å². The minimum Gasteiger partial charge on any atom is -0.490 e. The van der Waals surface area contributed by atoms with E-state index in [1.165, 1.54) is 19.2 Å². The summed E-state index contributed by atoms with van der Waals surface area (Å²) >= 11 is 0. The van der Waals surface area contributed by atoms with Crippen LogP contribution in [0.3, 0.4) is 0 Å². The largest absolute Gasteiger partial charge is 0.490 e. The second kappa shape index (κ2) is 6.87. The zero-order valence-electron chi connectivity index (χ0n) is 16.0. The summed E-state index contributed by atoms with van der Waals surface area (Å²) in [6, 6.07) is 6.28. The van der Waals surface area contributed by atoms with E-state index >= 15 is 0 Å². The summed E-state index contributed by atoms with van der Waals surface area (Å²) in [5.74, 6) is 0.435. The molecule has 0 saturated carbocycles. The quantitative estimate of drug-likeness (QED) is 0.691. The Bertz CT molecular complexity index is 1070. The third-order valence-electron chi connectivity index (χ3n) is 4.80. The van der Waals surface area contributed by atoms with Gasteiger partial charge in [-0.15, -0.1) is 0 Å². The number of fused-ring (bicyclic) bond motifs is 1.